The highest BCUT2D eigenvalue weighted by Gasteiger charge is 2.18. The lowest BCUT2D eigenvalue weighted by atomic mass is 10.1. The maximum absolute atomic E-state index is 13.1. The quantitative estimate of drug-likeness (QED) is 0.789. The minimum atomic E-state index is -0.250. The highest BCUT2D eigenvalue weighted by atomic mass is 19.1. The van der Waals surface area contributed by atoms with Crippen molar-refractivity contribution in [2.24, 2.45) is 0 Å². The Labute approximate surface area is 139 Å². The van der Waals surface area contributed by atoms with Gasteiger partial charge in [0.1, 0.15) is 24.0 Å². The summed E-state index contributed by atoms with van der Waals surface area (Å²) in [5, 5.41) is 0. The van der Waals surface area contributed by atoms with Crippen LogP contribution in [0, 0.1) is 5.82 Å². The fourth-order valence-corrected chi connectivity index (χ4v) is 2.99. The third-order valence-electron chi connectivity index (χ3n) is 4.29. The molecule has 4 rings (SSSR count). The lowest BCUT2D eigenvalue weighted by Crippen LogP contribution is -2.32. The summed E-state index contributed by atoms with van der Waals surface area (Å²) in [4.78, 5) is 10.1. The Balaban J connectivity index is 1.68. The first-order valence-electron chi connectivity index (χ1n) is 8.08. The van der Waals surface area contributed by atoms with Crippen LogP contribution in [0.3, 0.4) is 0 Å². The number of fused-ring (bicyclic) bond motifs is 1. The van der Waals surface area contributed by atoms with Gasteiger partial charge in [-0.05, 0) is 49.4 Å². The normalized spacial score (nSPS) is 13.5. The van der Waals surface area contributed by atoms with E-state index in [-0.39, 0.29) is 5.82 Å². The van der Waals surface area contributed by atoms with Crippen LogP contribution < -0.4 is 9.64 Å². The molecule has 5 heteroatoms. The Kier molecular flexibility index (Phi) is 3.69. The second-order valence-corrected chi connectivity index (χ2v) is 5.75. The Morgan fingerprint density at radius 1 is 1.17 bits per heavy atom. The first-order chi connectivity index (χ1) is 11.7. The number of halogens is 1. The van der Waals surface area contributed by atoms with Gasteiger partial charge < -0.3 is 14.6 Å². The smallest absolute Gasteiger partial charge is 0.142 e. The summed E-state index contributed by atoms with van der Waals surface area (Å²) in [7, 11) is 0. The summed E-state index contributed by atoms with van der Waals surface area (Å²) in [6, 6.07) is 12.4. The standard InChI is InChI=1S/C19H18FN3O/c1-2-23-9-10-24-18-8-5-14(11-17(18)23)16-12-21-19(22-16)13-3-6-15(20)7-4-13/h3-8,11-12H,2,9-10H2,1H3,(H,21,22). The minimum Gasteiger partial charge on any atom is -0.490 e. The van der Waals surface area contributed by atoms with Gasteiger partial charge in [-0.25, -0.2) is 9.37 Å². The summed E-state index contributed by atoms with van der Waals surface area (Å²) in [6.07, 6.45) is 1.88. The van der Waals surface area contributed by atoms with E-state index >= 15 is 0 Å². The van der Waals surface area contributed by atoms with Crippen LogP contribution in [0.4, 0.5) is 10.1 Å². The first kappa shape index (κ1) is 14.8. The average Bonchev–Trinajstić information content (AvgIpc) is 3.11. The third-order valence-corrected chi connectivity index (χ3v) is 4.29. The van der Waals surface area contributed by atoms with Gasteiger partial charge in [0, 0.05) is 23.9 Å². The van der Waals surface area contributed by atoms with Crippen molar-refractivity contribution in [2.45, 2.75) is 6.92 Å². The second kappa shape index (κ2) is 6.00. The molecule has 1 aromatic heterocycles. The summed E-state index contributed by atoms with van der Waals surface area (Å²) in [5.74, 6) is 1.40. The first-order valence-corrected chi connectivity index (χ1v) is 8.08. The zero-order valence-corrected chi connectivity index (χ0v) is 13.4. The van der Waals surface area contributed by atoms with Crippen LogP contribution >= 0.6 is 0 Å². The minimum absolute atomic E-state index is 0.250. The number of rotatable bonds is 3. The molecule has 0 saturated heterocycles. The summed E-state index contributed by atoms with van der Waals surface area (Å²) >= 11 is 0. The number of nitrogens with zero attached hydrogens (tertiary/aromatic N) is 2. The van der Waals surface area contributed by atoms with Crippen LogP contribution in [0.25, 0.3) is 22.6 Å². The van der Waals surface area contributed by atoms with E-state index in [1.54, 1.807) is 12.1 Å². The highest BCUT2D eigenvalue weighted by Crippen LogP contribution is 2.35. The predicted octanol–water partition coefficient (Wildman–Crippen LogP) is 4.10. The van der Waals surface area contributed by atoms with Crippen molar-refractivity contribution >= 4 is 5.69 Å². The van der Waals surface area contributed by atoms with Gasteiger partial charge in [-0.2, -0.15) is 0 Å². The summed E-state index contributed by atoms with van der Waals surface area (Å²) in [5.41, 5.74) is 3.85. The number of hydrogen-bond acceptors (Lipinski definition) is 3. The van der Waals surface area contributed by atoms with E-state index in [9.17, 15) is 4.39 Å². The molecule has 0 bridgehead atoms. The van der Waals surface area contributed by atoms with E-state index in [2.05, 4.69) is 27.9 Å². The Morgan fingerprint density at radius 3 is 2.75 bits per heavy atom. The molecule has 0 amide bonds. The molecule has 0 atom stereocenters. The van der Waals surface area contributed by atoms with Gasteiger partial charge in [0.2, 0.25) is 0 Å². The van der Waals surface area contributed by atoms with E-state index in [0.29, 0.717) is 0 Å². The number of hydrogen-bond donors (Lipinski definition) is 1. The van der Waals surface area contributed by atoms with E-state index in [1.165, 1.54) is 12.1 Å². The van der Waals surface area contributed by atoms with Crippen LogP contribution in [0.5, 0.6) is 5.75 Å². The summed E-state index contributed by atoms with van der Waals surface area (Å²) in [6.45, 7) is 4.70. The molecule has 0 radical (unpaired) electrons. The van der Waals surface area contributed by atoms with Gasteiger partial charge in [0.05, 0.1) is 17.9 Å². The van der Waals surface area contributed by atoms with E-state index in [1.807, 2.05) is 18.3 Å². The Bertz CT molecular complexity index is 857. The maximum Gasteiger partial charge on any atom is 0.142 e. The van der Waals surface area contributed by atoms with Gasteiger partial charge in [-0.15, -0.1) is 0 Å². The largest absolute Gasteiger partial charge is 0.490 e. The van der Waals surface area contributed by atoms with Crippen LogP contribution in [0.15, 0.2) is 48.7 Å². The molecular weight excluding hydrogens is 305 g/mol. The fourth-order valence-electron chi connectivity index (χ4n) is 2.99. The van der Waals surface area contributed by atoms with E-state index < -0.39 is 0 Å². The lowest BCUT2D eigenvalue weighted by Gasteiger charge is -2.30. The van der Waals surface area contributed by atoms with Gasteiger partial charge in [0.25, 0.3) is 0 Å². The van der Waals surface area contributed by atoms with Crippen LogP contribution in [-0.2, 0) is 0 Å². The van der Waals surface area contributed by atoms with Crippen LogP contribution in [-0.4, -0.2) is 29.7 Å². The molecule has 3 aromatic rings. The number of imidazole rings is 1. The molecule has 2 heterocycles. The monoisotopic (exact) mass is 323 g/mol. The number of likely N-dealkylation sites (N-methyl/N-ethyl adjacent to an activating group) is 1. The van der Waals surface area contributed by atoms with Crippen LogP contribution in [0.1, 0.15) is 6.92 Å². The molecule has 1 aliphatic rings. The van der Waals surface area contributed by atoms with Crippen molar-refractivity contribution in [2.75, 3.05) is 24.6 Å². The number of anilines is 1. The predicted molar refractivity (Wildman–Crippen MR) is 92.8 cm³/mol. The Morgan fingerprint density at radius 2 is 1.96 bits per heavy atom. The van der Waals surface area contributed by atoms with Crippen molar-refractivity contribution in [1.82, 2.24) is 9.97 Å². The molecule has 0 unspecified atom stereocenters. The third kappa shape index (κ3) is 2.62. The number of nitrogens with one attached hydrogen (secondary N) is 1. The van der Waals surface area contributed by atoms with Crippen molar-refractivity contribution in [3.05, 3.63) is 54.5 Å². The van der Waals surface area contributed by atoms with Crippen molar-refractivity contribution in [1.29, 1.82) is 0 Å². The van der Waals surface area contributed by atoms with Gasteiger partial charge in [-0.1, -0.05) is 0 Å². The molecule has 2 aromatic carbocycles. The SMILES string of the molecule is CCN1CCOc2ccc(-c3c[nH]c(-c4ccc(F)cc4)n3)cc21. The number of aromatic nitrogens is 2. The number of ether oxygens (including phenoxy) is 1. The molecule has 122 valence electrons. The van der Waals surface area contributed by atoms with E-state index in [4.69, 9.17) is 4.74 Å². The van der Waals surface area contributed by atoms with Crippen molar-refractivity contribution in [3.63, 3.8) is 0 Å². The number of aromatic amines is 1. The molecule has 1 aliphatic heterocycles. The maximum atomic E-state index is 13.1. The average molecular weight is 323 g/mol. The molecule has 4 nitrogen and oxygen atoms in total. The Hall–Kier alpha value is -2.82. The van der Waals surface area contributed by atoms with Gasteiger partial charge in [-0.3, -0.25) is 0 Å². The molecule has 0 saturated carbocycles. The molecular formula is C19H18FN3O. The van der Waals surface area contributed by atoms with Crippen molar-refractivity contribution < 1.29 is 9.13 Å². The number of benzene rings is 2. The summed E-state index contributed by atoms with van der Waals surface area (Å²) < 4.78 is 18.8. The molecule has 0 fully saturated rings. The topological polar surface area (TPSA) is 41.1 Å². The zero-order chi connectivity index (χ0) is 16.5. The molecule has 0 aliphatic carbocycles. The van der Waals surface area contributed by atoms with Crippen molar-refractivity contribution in [3.8, 4) is 28.4 Å². The second-order valence-electron chi connectivity index (χ2n) is 5.75. The fraction of sp³-hybridized carbons (Fsp3) is 0.211. The van der Waals surface area contributed by atoms with Gasteiger partial charge >= 0.3 is 0 Å². The highest BCUT2D eigenvalue weighted by molar-refractivity contribution is 5.72. The van der Waals surface area contributed by atoms with Gasteiger partial charge in [0.15, 0.2) is 0 Å². The van der Waals surface area contributed by atoms with E-state index in [0.717, 1.165) is 53.8 Å². The number of H-pyrrole nitrogens is 1. The zero-order valence-electron chi connectivity index (χ0n) is 13.4. The lowest BCUT2D eigenvalue weighted by molar-refractivity contribution is 0.308. The molecule has 1 N–H and O–H groups in total. The molecule has 24 heavy (non-hydrogen) atoms. The van der Waals surface area contributed by atoms with Crippen LogP contribution in [0.2, 0.25) is 0 Å². The molecule has 0 spiro atoms.